The van der Waals surface area contributed by atoms with Gasteiger partial charge in [-0.15, -0.1) is 0 Å². The van der Waals surface area contributed by atoms with Gasteiger partial charge in [-0.3, -0.25) is 0 Å². The summed E-state index contributed by atoms with van der Waals surface area (Å²) in [5.74, 6) is -0.734. The number of benzene rings is 1. The topological polar surface area (TPSA) is 71.5 Å². The normalized spacial score (nSPS) is 10.1. The van der Waals surface area contributed by atoms with Crippen LogP contribution in [0, 0.1) is 5.82 Å². The summed E-state index contributed by atoms with van der Waals surface area (Å²) >= 11 is 0. The van der Waals surface area contributed by atoms with Crippen molar-refractivity contribution in [1.29, 1.82) is 0 Å². The van der Waals surface area contributed by atoms with E-state index in [0.29, 0.717) is 5.69 Å². The summed E-state index contributed by atoms with van der Waals surface area (Å²) < 4.78 is 18.0. The summed E-state index contributed by atoms with van der Waals surface area (Å²) in [5, 5.41) is 11.5. The average molecular weight is 276 g/mol. The smallest absolute Gasteiger partial charge is 0.341 e. The first-order chi connectivity index (χ1) is 9.70. The molecular weight excluding hydrogens is 263 g/mol. The lowest BCUT2D eigenvalue weighted by molar-refractivity contribution is 0.0434. The third kappa shape index (κ3) is 3.52. The number of hydrogen-bond acceptors (Lipinski definition) is 5. The van der Waals surface area contributed by atoms with Gasteiger partial charge in [0, 0.05) is 11.9 Å². The van der Waals surface area contributed by atoms with Gasteiger partial charge in [-0.05, 0) is 30.3 Å². The van der Waals surface area contributed by atoms with Crippen LogP contribution in [0.1, 0.15) is 10.4 Å². The van der Waals surface area contributed by atoms with Crippen molar-refractivity contribution in [2.45, 2.75) is 0 Å². The van der Waals surface area contributed by atoms with Crippen LogP contribution in [-0.4, -0.2) is 29.3 Å². The molecule has 2 rings (SSSR count). The quantitative estimate of drug-likeness (QED) is 0.818. The van der Waals surface area contributed by atoms with Gasteiger partial charge in [0.1, 0.15) is 23.8 Å². The van der Waals surface area contributed by atoms with Crippen molar-refractivity contribution in [3.63, 3.8) is 0 Å². The molecule has 0 saturated carbocycles. The van der Waals surface area contributed by atoms with E-state index >= 15 is 0 Å². The van der Waals surface area contributed by atoms with E-state index in [1.54, 1.807) is 18.2 Å². The van der Waals surface area contributed by atoms with E-state index in [9.17, 15) is 9.18 Å². The molecule has 0 fully saturated rings. The minimum absolute atomic E-state index is 0.0901. The fourth-order valence-electron chi connectivity index (χ4n) is 1.59. The predicted octanol–water partition coefficient (Wildman–Crippen LogP) is 2.11. The second kappa shape index (κ2) is 6.63. The Morgan fingerprint density at radius 1 is 1.35 bits per heavy atom. The Morgan fingerprint density at radius 3 is 2.95 bits per heavy atom. The number of aromatic nitrogens is 1. The number of halogens is 1. The second-order valence-electron chi connectivity index (χ2n) is 3.89. The van der Waals surface area contributed by atoms with Crippen LogP contribution in [0.2, 0.25) is 0 Å². The van der Waals surface area contributed by atoms with E-state index in [4.69, 9.17) is 9.84 Å². The molecule has 6 heteroatoms. The Morgan fingerprint density at radius 2 is 2.20 bits per heavy atom. The van der Waals surface area contributed by atoms with E-state index < -0.39 is 11.8 Å². The van der Waals surface area contributed by atoms with Gasteiger partial charge in [-0.2, -0.15) is 0 Å². The van der Waals surface area contributed by atoms with E-state index in [0.717, 1.165) is 0 Å². The molecule has 104 valence electrons. The van der Waals surface area contributed by atoms with Crippen molar-refractivity contribution < 1.29 is 19.0 Å². The molecule has 0 aliphatic rings. The molecule has 20 heavy (non-hydrogen) atoms. The molecule has 0 spiro atoms. The minimum atomic E-state index is -0.606. The van der Waals surface area contributed by atoms with Crippen LogP contribution < -0.4 is 5.32 Å². The number of anilines is 2. The van der Waals surface area contributed by atoms with Crippen LogP contribution in [0.15, 0.2) is 42.6 Å². The average Bonchev–Trinajstić information content (AvgIpc) is 2.45. The Labute approximate surface area is 115 Å². The van der Waals surface area contributed by atoms with Crippen LogP contribution in [0.25, 0.3) is 0 Å². The first-order valence-electron chi connectivity index (χ1n) is 5.96. The lowest BCUT2D eigenvalue weighted by Crippen LogP contribution is -2.11. The monoisotopic (exact) mass is 276 g/mol. The molecule has 1 aromatic carbocycles. The molecule has 0 saturated heterocycles. The van der Waals surface area contributed by atoms with Crippen LogP contribution in [0.3, 0.4) is 0 Å². The van der Waals surface area contributed by atoms with Crippen molar-refractivity contribution in [1.82, 2.24) is 4.98 Å². The first-order valence-corrected chi connectivity index (χ1v) is 5.96. The fourth-order valence-corrected chi connectivity index (χ4v) is 1.59. The Balaban J connectivity index is 2.21. The van der Waals surface area contributed by atoms with E-state index in [2.05, 4.69) is 10.3 Å². The largest absolute Gasteiger partial charge is 0.460 e. The van der Waals surface area contributed by atoms with Gasteiger partial charge >= 0.3 is 5.97 Å². The van der Waals surface area contributed by atoms with Gasteiger partial charge in [-0.1, -0.05) is 6.07 Å². The van der Waals surface area contributed by atoms with Gasteiger partial charge in [-0.25, -0.2) is 14.2 Å². The van der Waals surface area contributed by atoms with Crippen molar-refractivity contribution in [3.8, 4) is 0 Å². The van der Waals surface area contributed by atoms with E-state index in [1.807, 2.05) is 0 Å². The van der Waals surface area contributed by atoms with Gasteiger partial charge in [0.2, 0.25) is 0 Å². The van der Waals surface area contributed by atoms with Gasteiger partial charge < -0.3 is 15.2 Å². The van der Waals surface area contributed by atoms with Crippen molar-refractivity contribution in [2.75, 3.05) is 18.5 Å². The third-order valence-corrected chi connectivity index (χ3v) is 2.44. The molecule has 1 aromatic heterocycles. The standard InChI is InChI=1S/C14H13FN2O3/c15-10-3-1-4-11(9-10)17-13-12(5-2-6-16-13)14(19)20-8-7-18/h1-6,9,18H,7-8H2,(H,16,17). The summed E-state index contributed by atoms with van der Waals surface area (Å²) in [6.45, 7) is -0.341. The Kier molecular flexibility index (Phi) is 4.62. The first kappa shape index (κ1) is 14.0. The number of nitrogens with zero attached hydrogens (tertiary/aromatic N) is 1. The highest BCUT2D eigenvalue weighted by molar-refractivity contribution is 5.95. The number of aliphatic hydroxyl groups excluding tert-OH is 1. The zero-order valence-corrected chi connectivity index (χ0v) is 10.5. The SMILES string of the molecule is O=C(OCCO)c1cccnc1Nc1cccc(F)c1. The summed E-state index contributed by atoms with van der Waals surface area (Å²) in [4.78, 5) is 15.8. The number of esters is 1. The molecule has 2 aromatic rings. The van der Waals surface area contributed by atoms with Crippen LogP contribution >= 0.6 is 0 Å². The summed E-state index contributed by atoms with van der Waals surface area (Å²) in [6, 6.07) is 8.93. The number of ether oxygens (including phenoxy) is 1. The van der Waals surface area contributed by atoms with Gasteiger partial charge in [0.05, 0.1) is 6.61 Å². The molecule has 1 heterocycles. The molecule has 0 bridgehead atoms. The molecule has 2 N–H and O–H groups in total. The zero-order chi connectivity index (χ0) is 14.4. The second-order valence-corrected chi connectivity index (χ2v) is 3.89. The minimum Gasteiger partial charge on any atom is -0.460 e. The molecule has 0 radical (unpaired) electrons. The lowest BCUT2D eigenvalue weighted by atomic mass is 10.2. The molecule has 5 nitrogen and oxygen atoms in total. The molecule has 0 atom stereocenters. The zero-order valence-electron chi connectivity index (χ0n) is 10.5. The van der Waals surface area contributed by atoms with Crippen LogP contribution in [0.4, 0.5) is 15.9 Å². The molecule has 0 aliphatic heterocycles. The third-order valence-electron chi connectivity index (χ3n) is 2.44. The highest BCUT2D eigenvalue weighted by Gasteiger charge is 2.13. The van der Waals surface area contributed by atoms with Gasteiger partial charge in [0.15, 0.2) is 0 Å². The maximum atomic E-state index is 13.1. The predicted molar refractivity (Wildman–Crippen MR) is 71.3 cm³/mol. The number of carbonyl (C=O) groups excluding carboxylic acids is 1. The molecule has 0 amide bonds. The Bertz CT molecular complexity index is 604. The van der Waals surface area contributed by atoms with Crippen LogP contribution in [-0.2, 0) is 4.74 Å². The van der Waals surface area contributed by atoms with Crippen molar-refractivity contribution >= 4 is 17.5 Å². The van der Waals surface area contributed by atoms with Crippen LogP contribution in [0.5, 0.6) is 0 Å². The molecule has 0 unspecified atom stereocenters. The number of carbonyl (C=O) groups is 1. The summed E-state index contributed by atoms with van der Waals surface area (Å²) in [7, 11) is 0. The fraction of sp³-hybridized carbons (Fsp3) is 0.143. The lowest BCUT2D eigenvalue weighted by Gasteiger charge is -2.10. The Hall–Kier alpha value is -2.47. The van der Waals surface area contributed by atoms with E-state index in [1.165, 1.54) is 24.4 Å². The highest BCUT2D eigenvalue weighted by Crippen LogP contribution is 2.19. The number of pyridine rings is 1. The summed E-state index contributed by atoms with van der Waals surface area (Å²) in [5.41, 5.74) is 0.685. The molecule has 0 aliphatic carbocycles. The maximum absolute atomic E-state index is 13.1. The number of nitrogens with one attached hydrogen (secondary N) is 1. The van der Waals surface area contributed by atoms with Crippen molar-refractivity contribution in [3.05, 3.63) is 54.0 Å². The number of rotatable bonds is 5. The number of aliphatic hydroxyl groups is 1. The van der Waals surface area contributed by atoms with Gasteiger partial charge in [0.25, 0.3) is 0 Å². The van der Waals surface area contributed by atoms with E-state index in [-0.39, 0.29) is 24.6 Å². The summed E-state index contributed by atoms with van der Waals surface area (Å²) in [6.07, 6.45) is 1.50. The number of hydrogen-bond donors (Lipinski definition) is 2. The van der Waals surface area contributed by atoms with Crippen molar-refractivity contribution in [2.24, 2.45) is 0 Å². The highest BCUT2D eigenvalue weighted by atomic mass is 19.1. The molecular formula is C14H13FN2O3. The maximum Gasteiger partial charge on any atom is 0.341 e.